The van der Waals surface area contributed by atoms with Crippen LogP contribution in [0.3, 0.4) is 0 Å². The van der Waals surface area contributed by atoms with Crippen LogP contribution in [-0.4, -0.2) is 21.0 Å². The van der Waals surface area contributed by atoms with Crippen LogP contribution in [0.25, 0.3) is 0 Å². The van der Waals surface area contributed by atoms with E-state index in [9.17, 15) is 4.79 Å². The summed E-state index contributed by atoms with van der Waals surface area (Å²) in [5.41, 5.74) is 3.12. The molecule has 0 bridgehead atoms. The molecular formula is C12H13N3O2S. The minimum Gasteiger partial charge on any atom is -0.478 e. The van der Waals surface area contributed by atoms with Crippen LogP contribution in [0.15, 0.2) is 23.3 Å². The van der Waals surface area contributed by atoms with Crippen LogP contribution in [-0.2, 0) is 13.1 Å². The number of aromatic nitrogens is 2. The average Bonchev–Trinajstić information content (AvgIpc) is 2.76. The molecule has 0 fully saturated rings. The average molecular weight is 263 g/mol. The minimum atomic E-state index is -1.00. The summed E-state index contributed by atoms with van der Waals surface area (Å²) in [5, 5.41) is 16.4. The summed E-state index contributed by atoms with van der Waals surface area (Å²) >= 11 is 1.66. The van der Waals surface area contributed by atoms with E-state index in [0.29, 0.717) is 18.8 Å². The zero-order valence-corrected chi connectivity index (χ0v) is 10.7. The first-order valence-corrected chi connectivity index (χ1v) is 6.37. The Morgan fingerprint density at radius 3 is 2.94 bits per heavy atom. The zero-order valence-electron chi connectivity index (χ0n) is 9.88. The summed E-state index contributed by atoms with van der Waals surface area (Å²) in [4.78, 5) is 18.7. The molecule has 0 unspecified atom stereocenters. The molecule has 0 aromatic carbocycles. The zero-order chi connectivity index (χ0) is 13.0. The minimum absolute atomic E-state index is 0.145. The lowest BCUT2D eigenvalue weighted by Crippen LogP contribution is -2.17. The van der Waals surface area contributed by atoms with Gasteiger partial charge in [-0.05, 0) is 28.8 Å². The Hall–Kier alpha value is -1.79. The summed E-state index contributed by atoms with van der Waals surface area (Å²) in [7, 11) is 0. The van der Waals surface area contributed by atoms with E-state index in [2.05, 4.69) is 33.0 Å². The molecule has 0 spiro atoms. The number of aromatic carboxylic acids is 1. The predicted molar refractivity (Wildman–Crippen MR) is 68.6 cm³/mol. The highest BCUT2D eigenvalue weighted by Crippen LogP contribution is 2.13. The first-order chi connectivity index (χ1) is 8.68. The number of aryl methyl sites for hydroxylation is 1. The summed E-state index contributed by atoms with van der Waals surface area (Å²) < 4.78 is 0. The molecule has 2 aromatic rings. The van der Waals surface area contributed by atoms with Crippen LogP contribution in [0.5, 0.6) is 0 Å². The molecule has 2 heterocycles. The molecule has 2 N–H and O–H groups in total. The van der Waals surface area contributed by atoms with Crippen LogP contribution < -0.4 is 5.32 Å². The van der Waals surface area contributed by atoms with Gasteiger partial charge < -0.3 is 10.4 Å². The number of nitrogens with zero attached hydrogens (tertiary/aromatic N) is 2. The Bertz CT molecular complexity index is 554. The monoisotopic (exact) mass is 263 g/mol. The van der Waals surface area contributed by atoms with Crippen molar-refractivity contribution in [2.24, 2.45) is 0 Å². The molecule has 2 rings (SSSR count). The number of hydrogen-bond donors (Lipinski definition) is 2. The quantitative estimate of drug-likeness (QED) is 0.860. The number of carboxylic acid groups (broad SMARTS) is 1. The van der Waals surface area contributed by atoms with E-state index in [1.807, 2.05) is 0 Å². The molecule has 0 atom stereocenters. The summed E-state index contributed by atoms with van der Waals surface area (Å²) in [6.07, 6.45) is 2.68. The highest BCUT2D eigenvalue weighted by atomic mass is 32.1. The fraction of sp³-hybridized carbons (Fsp3) is 0.250. The smallest absolute Gasteiger partial charge is 0.339 e. The molecule has 18 heavy (non-hydrogen) atoms. The van der Waals surface area contributed by atoms with Crippen LogP contribution in [0.4, 0.5) is 0 Å². The third-order valence-corrected chi connectivity index (χ3v) is 3.50. The second-order valence-corrected chi connectivity index (χ2v) is 4.62. The van der Waals surface area contributed by atoms with Gasteiger partial charge in [0.05, 0.1) is 5.69 Å². The lowest BCUT2D eigenvalue weighted by atomic mass is 10.2. The fourth-order valence-corrected chi connectivity index (χ4v) is 2.42. The summed E-state index contributed by atoms with van der Waals surface area (Å²) in [6, 6.07) is 0. The van der Waals surface area contributed by atoms with Gasteiger partial charge in [0, 0.05) is 19.3 Å². The third kappa shape index (κ3) is 2.91. The van der Waals surface area contributed by atoms with Crippen LogP contribution in [0.1, 0.15) is 27.2 Å². The summed E-state index contributed by atoms with van der Waals surface area (Å²) in [5.74, 6) is -1.00. The molecule has 0 radical (unpaired) electrons. The first-order valence-electron chi connectivity index (χ1n) is 5.43. The summed E-state index contributed by atoms with van der Waals surface area (Å²) in [6.45, 7) is 3.18. The van der Waals surface area contributed by atoms with Crippen molar-refractivity contribution in [1.29, 1.82) is 0 Å². The number of carboxylic acids is 1. The second-order valence-electron chi connectivity index (χ2n) is 3.87. The second kappa shape index (κ2) is 5.70. The molecule has 0 aliphatic carbocycles. The molecule has 0 aliphatic heterocycles. The van der Waals surface area contributed by atoms with E-state index in [0.717, 1.165) is 0 Å². The van der Waals surface area contributed by atoms with Gasteiger partial charge in [0.1, 0.15) is 11.9 Å². The number of rotatable bonds is 5. The maximum atomic E-state index is 11.0. The van der Waals surface area contributed by atoms with Crippen LogP contribution in [0, 0.1) is 6.92 Å². The van der Waals surface area contributed by atoms with Gasteiger partial charge in [-0.15, -0.1) is 0 Å². The first kappa shape index (κ1) is 12.7. The maximum Gasteiger partial charge on any atom is 0.339 e. The van der Waals surface area contributed by atoms with E-state index >= 15 is 0 Å². The van der Waals surface area contributed by atoms with Crippen molar-refractivity contribution in [3.05, 3.63) is 45.7 Å². The van der Waals surface area contributed by atoms with E-state index in [-0.39, 0.29) is 5.56 Å². The van der Waals surface area contributed by atoms with Gasteiger partial charge in [0.15, 0.2) is 0 Å². The van der Waals surface area contributed by atoms with Gasteiger partial charge in [0.2, 0.25) is 0 Å². The van der Waals surface area contributed by atoms with Crippen molar-refractivity contribution < 1.29 is 9.90 Å². The molecule has 0 saturated carbocycles. The van der Waals surface area contributed by atoms with Gasteiger partial charge in [0.25, 0.3) is 0 Å². The molecule has 0 amide bonds. The molecular weight excluding hydrogens is 250 g/mol. The standard InChI is InChI=1S/C12H13N3O2S/c1-8-5-18-6-9(8)2-13-4-11-10(12(16)17)3-14-7-15-11/h3,5-7,13H,2,4H2,1H3,(H,16,17). The SMILES string of the molecule is Cc1cscc1CNCc1ncncc1C(=O)O. The van der Waals surface area contributed by atoms with Crippen molar-refractivity contribution in [3.63, 3.8) is 0 Å². The van der Waals surface area contributed by atoms with Crippen LogP contribution in [0.2, 0.25) is 0 Å². The number of carbonyl (C=O) groups is 1. The third-order valence-electron chi connectivity index (χ3n) is 2.59. The topological polar surface area (TPSA) is 75.1 Å². The van der Waals surface area contributed by atoms with Crippen molar-refractivity contribution in [2.75, 3.05) is 0 Å². The highest BCUT2D eigenvalue weighted by molar-refractivity contribution is 7.08. The van der Waals surface area contributed by atoms with Crippen molar-refractivity contribution in [3.8, 4) is 0 Å². The molecule has 94 valence electrons. The van der Waals surface area contributed by atoms with Gasteiger partial charge in [-0.2, -0.15) is 11.3 Å². The highest BCUT2D eigenvalue weighted by Gasteiger charge is 2.10. The Morgan fingerprint density at radius 1 is 1.44 bits per heavy atom. The van der Waals surface area contributed by atoms with E-state index < -0.39 is 5.97 Å². The number of hydrogen-bond acceptors (Lipinski definition) is 5. The van der Waals surface area contributed by atoms with Gasteiger partial charge in [-0.3, -0.25) is 0 Å². The Kier molecular flexibility index (Phi) is 4.01. The molecule has 5 nitrogen and oxygen atoms in total. The van der Waals surface area contributed by atoms with Crippen LogP contribution >= 0.6 is 11.3 Å². The predicted octanol–water partition coefficient (Wildman–Crippen LogP) is 1.83. The van der Waals surface area contributed by atoms with Crippen molar-refractivity contribution in [2.45, 2.75) is 20.0 Å². The largest absolute Gasteiger partial charge is 0.478 e. The van der Waals surface area contributed by atoms with Gasteiger partial charge in [-0.25, -0.2) is 14.8 Å². The Balaban J connectivity index is 1.99. The Labute approximate surface area is 109 Å². The molecule has 0 aliphatic rings. The van der Waals surface area contributed by atoms with E-state index in [4.69, 9.17) is 5.11 Å². The van der Waals surface area contributed by atoms with E-state index in [1.165, 1.54) is 23.7 Å². The van der Waals surface area contributed by atoms with E-state index in [1.54, 1.807) is 11.3 Å². The normalized spacial score (nSPS) is 10.5. The molecule has 0 saturated heterocycles. The van der Waals surface area contributed by atoms with Gasteiger partial charge in [-0.1, -0.05) is 0 Å². The lowest BCUT2D eigenvalue weighted by Gasteiger charge is -2.06. The Morgan fingerprint density at radius 2 is 2.28 bits per heavy atom. The number of nitrogens with one attached hydrogen (secondary N) is 1. The molecule has 2 aromatic heterocycles. The van der Waals surface area contributed by atoms with Gasteiger partial charge >= 0.3 is 5.97 Å². The maximum absolute atomic E-state index is 11.0. The fourth-order valence-electron chi connectivity index (χ4n) is 1.56. The van der Waals surface area contributed by atoms with Crippen molar-refractivity contribution >= 4 is 17.3 Å². The number of thiophene rings is 1. The van der Waals surface area contributed by atoms with Crippen molar-refractivity contribution in [1.82, 2.24) is 15.3 Å². The lowest BCUT2D eigenvalue weighted by molar-refractivity contribution is 0.0694. The molecule has 6 heteroatoms.